The summed E-state index contributed by atoms with van der Waals surface area (Å²) in [6, 6.07) is 4.62. The molecule has 0 unspecified atom stereocenters. The number of ether oxygens (including phenoxy) is 1. The summed E-state index contributed by atoms with van der Waals surface area (Å²) in [6.45, 7) is 3.87. The normalized spacial score (nSPS) is 11.1. The zero-order valence-electron chi connectivity index (χ0n) is 10.8. The van der Waals surface area contributed by atoms with Gasteiger partial charge in [-0.3, -0.25) is 4.79 Å². The number of phenols is 1. The van der Waals surface area contributed by atoms with E-state index in [2.05, 4.69) is 21.2 Å². The molecule has 0 aliphatic rings. The third kappa shape index (κ3) is 3.91. The second kappa shape index (κ2) is 6.09. The van der Waals surface area contributed by atoms with E-state index in [4.69, 9.17) is 4.74 Å². The van der Waals surface area contributed by atoms with Gasteiger partial charge in [0.25, 0.3) is 5.91 Å². The third-order valence-corrected chi connectivity index (χ3v) is 3.02. The SMILES string of the molecule is COc1ccc(C(=O)NC(C)(C)CCBr)c(O)c1. The topological polar surface area (TPSA) is 58.6 Å². The smallest absolute Gasteiger partial charge is 0.255 e. The van der Waals surface area contributed by atoms with Crippen LogP contribution in [0.4, 0.5) is 0 Å². The first-order chi connectivity index (χ1) is 8.39. The highest BCUT2D eigenvalue weighted by molar-refractivity contribution is 9.09. The molecule has 1 rings (SSSR count). The largest absolute Gasteiger partial charge is 0.507 e. The predicted molar refractivity (Wildman–Crippen MR) is 74.6 cm³/mol. The van der Waals surface area contributed by atoms with Crippen molar-refractivity contribution in [1.82, 2.24) is 5.32 Å². The summed E-state index contributed by atoms with van der Waals surface area (Å²) < 4.78 is 4.97. The lowest BCUT2D eigenvalue weighted by molar-refractivity contribution is 0.0909. The van der Waals surface area contributed by atoms with Gasteiger partial charge in [-0.25, -0.2) is 0 Å². The van der Waals surface area contributed by atoms with Crippen LogP contribution in [0.3, 0.4) is 0 Å². The summed E-state index contributed by atoms with van der Waals surface area (Å²) >= 11 is 3.35. The second-order valence-electron chi connectivity index (χ2n) is 4.66. The molecule has 100 valence electrons. The Hall–Kier alpha value is -1.23. The minimum absolute atomic E-state index is 0.0820. The van der Waals surface area contributed by atoms with Gasteiger partial charge in [-0.2, -0.15) is 0 Å². The number of halogens is 1. The number of phenolic OH excluding ortho intramolecular Hbond substituents is 1. The molecule has 0 spiro atoms. The molecule has 0 heterocycles. The van der Waals surface area contributed by atoms with E-state index in [1.165, 1.54) is 13.2 Å². The molecule has 1 aromatic rings. The standard InChI is InChI=1S/C13H18BrNO3/c1-13(2,6-7-14)15-12(17)10-5-4-9(18-3)8-11(10)16/h4-5,8,16H,6-7H2,1-3H3,(H,15,17). The fourth-order valence-electron chi connectivity index (χ4n) is 1.50. The molecule has 0 bridgehead atoms. The second-order valence-corrected chi connectivity index (χ2v) is 5.45. The minimum Gasteiger partial charge on any atom is -0.507 e. The molecule has 0 aliphatic carbocycles. The first-order valence-corrected chi connectivity index (χ1v) is 6.77. The van der Waals surface area contributed by atoms with Crippen LogP contribution in [-0.2, 0) is 0 Å². The lowest BCUT2D eigenvalue weighted by Gasteiger charge is -2.25. The number of benzene rings is 1. The van der Waals surface area contributed by atoms with Gasteiger partial charge in [0, 0.05) is 16.9 Å². The molecule has 1 amide bonds. The number of amides is 1. The molecule has 2 N–H and O–H groups in total. The van der Waals surface area contributed by atoms with E-state index in [0.717, 1.165) is 11.8 Å². The van der Waals surface area contributed by atoms with Gasteiger partial charge in [0.2, 0.25) is 0 Å². The van der Waals surface area contributed by atoms with E-state index < -0.39 is 0 Å². The molecule has 0 saturated carbocycles. The van der Waals surface area contributed by atoms with Gasteiger partial charge < -0.3 is 15.2 Å². The van der Waals surface area contributed by atoms with Gasteiger partial charge in [0.1, 0.15) is 11.5 Å². The van der Waals surface area contributed by atoms with Gasteiger partial charge in [-0.15, -0.1) is 0 Å². The van der Waals surface area contributed by atoms with E-state index >= 15 is 0 Å². The minimum atomic E-state index is -0.326. The van der Waals surface area contributed by atoms with E-state index in [1.807, 2.05) is 13.8 Å². The van der Waals surface area contributed by atoms with Crippen LogP contribution in [0.25, 0.3) is 0 Å². The highest BCUT2D eigenvalue weighted by atomic mass is 79.9. The van der Waals surface area contributed by atoms with Gasteiger partial charge in [0.15, 0.2) is 0 Å². The van der Waals surface area contributed by atoms with Crippen molar-refractivity contribution in [1.29, 1.82) is 0 Å². The van der Waals surface area contributed by atoms with Crippen molar-refractivity contribution in [2.24, 2.45) is 0 Å². The third-order valence-electron chi connectivity index (χ3n) is 2.62. The first-order valence-electron chi connectivity index (χ1n) is 5.65. The van der Waals surface area contributed by atoms with Crippen LogP contribution in [0, 0.1) is 0 Å². The van der Waals surface area contributed by atoms with Crippen LogP contribution in [0.2, 0.25) is 0 Å². The lowest BCUT2D eigenvalue weighted by Crippen LogP contribution is -2.43. The summed E-state index contributed by atoms with van der Waals surface area (Å²) in [5.41, 5.74) is -0.0779. The summed E-state index contributed by atoms with van der Waals surface area (Å²) in [5, 5.41) is 13.5. The average Bonchev–Trinajstić information content (AvgIpc) is 2.27. The quantitative estimate of drug-likeness (QED) is 0.821. The molecular formula is C13H18BrNO3. The Morgan fingerprint density at radius 3 is 2.67 bits per heavy atom. The van der Waals surface area contributed by atoms with Crippen molar-refractivity contribution in [3.63, 3.8) is 0 Å². The molecule has 18 heavy (non-hydrogen) atoms. The summed E-state index contributed by atoms with van der Waals surface area (Å²) in [6.07, 6.45) is 0.801. The number of aromatic hydroxyl groups is 1. The van der Waals surface area contributed by atoms with Crippen LogP contribution < -0.4 is 10.1 Å². The Morgan fingerprint density at radius 2 is 2.17 bits per heavy atom. The van der Waals surface area contributed by atoms with E-state index in [1.54, 1.807) is 12.1 Å². The molecule has 0 aromatic heterocycles. The van der Waals surface area contributed by atoms with E-state index in [9.17, 15) is 9.90 Å². The highest BCUT2D eigenvalue weighted by Gasteiger charge is 2.22. The van der Waals surface area contributed by atoms with Gasteiger partial charge >= 0.3 is 0 Å². The molecule has 4 nitrogen and oxygen atoms in total. The number of alkyl halides is 1. The molecule has 0 radical (unpaired) electrons. The fourth-order valence-corrected chi connectivity index (χ4v) is 2.50. The number of carbonyl (C=O) groups excluding carboxylic acids is 1. The monoisotopic (exact) mass is 315 g/mol. The molecule has 0 atom stereocenters. The van der Waals surface area contributed by atoms with Crippen LogP contribution in [-0.4, -0.2) is 29.0 Å². The number of methoxy groups -OCH3 is 1. The van der Waals surface area contributed by atoms with Crippen LogP contribution in [0.15, 0.2) is 18.2 Å². The van der Waals surface area contributed by atoms with Gasteiger partial charge in [0.05, 0.1) is 12.7 Å². The molecule has 5 heteroatoms. The summed E-state index contributed by atoms with van der Waals surface area (Å²) in [7, 11) is 1.51. The van der Waals surface area contributed by atoms with Crippen molar-refractivity contribution in [3.05, 3.63) is 23.8 Å². The number of hydrogen-bond acceptors (Lipinski definition) is 3. The number of hydrogen-bond donors (Lipinski definition) is 2. The van der Waals surface area contributed by atoms with Crippen LogP contribution >= 0.6 is 15.9 Å². The van der Waals surface area contributed by atoms with Crippen molar-refractivity contribution in [2.75, 3.05) is 12.4 Å². The molecule has 0 saturated heterocycles. The number of nitrogens with one attached hydrogen (secondary N) is 1. The van der Waals surface area contributed by atoms with Gasteiger partial charge in [-0.1, -0.05) is 15.9 Å². The number of carbonyl (C=O) groups is 1. The number of rotatable bonds is 5. The lowest BCUT2D eigenvalue weighted by atomic mass is 10.0. The first kappa shape index (κ1) is 14.8. The van der Waals surface area contributed by atoms with Crippen LogP contribution in [0.1, 0.15) is 30.6 Å². The Kier molecular flexibility index (Phi) is 5.02. The average molecular weight is 316 g/mol. The molecule has 0 aliphatic heterocycles. The zero-order valence-corrected chi connectivity index (χ0v) is 12.4. The Labute approximate surface area is 115 Å². The Morgan fingerprint density at radius 1 is 1.50 bits per heavy atom. The summed E-state index contributed by atoms with van der Waals surface area (Å²) in [4.78, 5) is 12.0. The zero-order chi connectivity index (χ0) is 13.8. The highest BCUT2D eigenvalue weighted by Crippen LogP contribution is 2.24. The predicted octanol–water partition coefficient (Wildman–Crippen LogP) is 2.69. The van der Waals surface area contributed by atoms with E-state index in [0.29, 0.717) is 5.75 Å². The maximum Gasteiger partial charge on any atom is 0.255 e. The van der Waals surface area contributed by atoms with Crippen molar-refractivity contribution in [2.45, 2.75) is 25.8 Å². The van der Waals surface area contributed by atoms with Crippen LogP contribution in [0.5, 0.6) is 11.5 Å². The maximum atomic E-state index is 12.0. The molecule has 1 aromatic carbocycles. The van der Waals surface area contributed by atoms with Crippen molar-refractivity contribution in [3.8, 4) is 11.5 Å². The Balaban J connectivity index is 2.85. The molecular weight excluding hydrogens is 298 g/mol. The van der Waals surface area contributed by atoms with E-state index in [-0.39, 0.29) is 22.8 Å². The van der Waals surface area contributed by atoms with Crippen molar-refractivity contribution >= 4 is 21.8 Å². The Bertz CT molecular complexity index is 432. The maximum absolute atomic E-state index is 12.0. The van der Waals surface area contributed by atoms with Gasteiger partial charge in [-0.05, 0) is 32.4 Å². The molecule has 0 fully saturated rings. The fraction of sp³-hybridized carbons (Fsp3) is 0.462. The van der Waals surface area contributed by atoms with Crippen molar-refractivity contribution < 1.29 is 14.6 Å². The summed E-state index contributed by atoms with van der Waals surface area (Å²) in [5.74, 6) is 0.145.